The molecule has 0 bridgehead atoms. The molecule has 1 saturated heterocycles. The van der Waals surface area contributed by atoms with Gasteiger partial charge in [0, 0.05) is 17.8 Å². The van der Waals surface area contributed by atoms with Crippen LogP contribution < -0.4 is 10.2 Å². The number of nitrogens with zero attached hydrogens (tertiary/aromatic N) is 1. The summed E-state index contributed by atoms with van der Waals surface area (Å²) in [6, 6.07) is 6.57. The molecule has 0 spiro atoms. The van der Waals surface area contributed by atoms with E-state index in [-0.39, 0.29) is 5.91 Å². The Morgan fingerprint density at radius 1 is 1.59 bits per heavy atom. The summed E-state index contributed by atoms with van der Waals surface area (Å²) in [6.45, 7) is 0.668. The van der Waals surface area contributed by atoms with Crippen molar-refractivity contribution in [3.8, 4) is 0 Å². The molecular weight excluding hydrogens is 240 g/mol. The Kier molecular flexibility index (Phi) is 3.66. The first-order valence-electron chi connectivity index (χ1n) is 5.54. The second kappa shape index (κ2) is 5.04. The van der Waals surface area contributed by atoms with Crippen LogP contribution in [0.2, 0.25) is 5.02 Å². The van der Waals surface area contributed by atoms with E-state index >= 15 is 0 Å². The van der Waals surface area contributed by atoms with E-state index in [1.54, 1.807) is 25.2 Å². The molecule has 5 heteroatoms. The molecule has 4 nitrogen and oxygen atoms in total. The van der Waals surface area contributed by atoms with Gasteiger partial charge in [-0.2, -0.15) is 0 Å². The van der Waals surface area contributed by atoms with E-state index in [1.807, 2.05) is 6.07 Å². The van der Waals surface area contributed by atoms with E-state index in [4.69, 9.17) is 11.6 Å². The van der Waals surface area contributed by atoms with Crippen LogP contribution in [0.3, 0.4) is 0 Å². The van der Waals surface area contributed by atoms with E-state index in [0.717, 1.165) is 5.69 Å². The number of nitrogens with one attached hydrogen (secondary N) is 1. The standard InChI is InChI=1S/C12H15ClN2O2/c1-15(9-4-2-3-8(13)7-9)12(17)11-10(16)5-6-14-11/h2-4,7,10-11,14,16H,5-6H2,1H3. The summed E-state index contributed by atoms with van der Waals surface area (Å²) in [6.07, 6.45) is 0.00362. The molecule has 2 N–H and O–H groups in total. The highest BCUT2D eigenvalue weighted by molar-refractivity contribution is 6.30. The van der Waals surface area contributed by atoms with Crippen LogP contribution in [0.5, 0.6) is 0 Å². The number of carbonyl (C=O) groups is 1. The van der Waals surface area contributed by atoms with Gasteiger partial charge < -0.3 is 15.3 Å². The lowest BCUT2D eigenvalue weighted by Gasteiger charge is -2.23. The van der Waals surface area contributed by atoms with E-state index in [1.165, 1.54) is 4.90 Å². The minimum atomic E-state index is -0.607. The van der Waals surface area contributed by atoms with Crippen molar-refractivity contribution in [3.63, 3.8) is 0 Å². The largest absolute Gasteiger partial charge is 0.391 e. The van der Waals surface area contributed by atoms with Gasteiger partial charge in [-0.3, -0.25) is 4.79 Å². The molecule has 1 amide bonds. The molecule has 2 atom stereocenters. The predicted molar refractivity (Wildman–Crippen MR) is 67.3 cm³/mol. The highest BCUT2D eigenvalue weighted by atomic mass is 35.5. The third kappa shape index (κ3) is 2.60. The number of halogens is 1. The van der Waals surface area contributed by atoms with Gasteiger partial charge in [0.05, 0.1) is 6.10 Å². The summed E-state index contributed by atoms with van der Waals surface area (Å²) in [5.41, 5.74) is 0.725. The van der Waals surface area contributed by atoms with Crippen LogP contribution in [0.1, 0.15) is 6.42 Å². The maximum atomic E-state index is 12.1. The smallest absolute Gasteiger partial charge is 0.246 e. The number of aliphatic hydroxyl groups is 1. The monoisotopic (exact) mass is 254 g/mol. The zero-order chi connectivity index (χ0) is 12.4. The number of hydrogen-bond acceptors (Lipinski definition) is 3. The van der Waals surface area contributed by atoms with E-state index in [0.29, 0.717) is 18.0 Å². The molecule has 0 radical (unpaired) electrons. The third-order valence-corrected chi connectivity index (χ3v) is 3.22. The van der Waals surface area contributed by atoms with Crippen LogP contribution in [-0.4, -0.2) is 36.8 Å². The molecule has 0 aromatic heterocycles. The molecule has 1 heterocycles. The summed E-state index contributed by atoms with van der Waals surface area (Å²) >= 11 is 5.88. The molecule has 1 fully saturated rings. The molecule has 92 valence electrons. The molecule has 2 unspecified atom stereocenters. The quantitative estimate of drug-likeness (QED) is 0.829. The van der Waals surface area contributed by atoms with Gasteiger partial charge in [0.15, 0.2) is 0 Å². The van der Waals surface area contributed by atoms with Gasteiger partial charge in [-0.1, -0.05) is 17.7 Å². The van der Waals surface area contributed by atoms with Crippen molar-refractivity contribution in [2.24, 2.45) is 0 Å². The highest BCUT2D eigenvalue weighted by Gasteiger charge is 2.33. The highest BCUT2D eigenvalue weighted by Crippen LogP contribution is 2.20. The second-order valence-electron chi connectivity index (χ2n) is 4.16. The van der Waals surface area contributed by atoms with E-state index in [9.17, 15) is 9.90 Å². The first-order chi connectivity index (χ1) is 8.09. The lowest BCUT2D eigenvalue weighted by molar-refractivity contribution is -0.121. The van der Waals surface area contributed by atoms with Crippen molar-refractivity contribution in [1.29, 1.82) is 0 Å². The number of amides is 1. The van der Waals surface area contributed by atoms with Gasteiger partial charge >= 0.3 is 0 Å². The summed E-state index contributed by atoms with van der Waals surface area (Å²) in [5, 5.41) is 13.3. The Hall–Kier alpha value is -1.10. The molecular formula is C12H15ClN2O2. The fourth-order valence-electron chi connectivity index (χ4n) is 1.96. The minimum Gasteiger partial charge on any atom is -0.391 e. The van der Waals surface area contributed by atoms with Crippen molar-refractivity contribution in [1.82, 2.24) is 5.32 Å². The lowest BCUT2D eigenvalue weighted by atomic mass is 10.1. The van der Waals surface area contributed by atoms with Crippen molar-refractivity contribution < 1.29 is 9.90 Å². The summed E-state index contributed by atoms with van der Waals surface area (Å²) in [4.78, 5) is 13.6. The number of aliphatic hydroxyl groups excluding tert-OH is 1. The van der Waals surface area contributed by atoms with E-state index in [2.05, 4.69) is 5.32 Å². The fourth-order valence-corrected chi connectivity index (χ4v) is 2.15. The van der Waals surface area contributed by atoms with Crippen LogP contribution in [0.4, 0.5) is 5.69 Å². The third-order valence-electron chi connectivity index (χ3n) is 2.98. The number of benzene rings is 1. The lowest BCUT2D eigenvalue weighted by Crippen LogP contribution is -2.46. The number of anilines is 1. The Morgan fingerprint density at radius 3 is 2.94 bits per heavy atom. The van der Waals surface area contributed by atoms with Crippen LogP contribution in [-0.2, 0) is 4.79 Å². The number of likely N-dealkylation sites (N-methyl/N-ethyl adjacent to an activating group) is 1. The van der Waals surface area contributed by atoms with Gasteiger partial charge in [-0.05, 0) is 31.2 Å². The summed E-state index contributed by atoms with van der Waals surface area (Å²) < 4.78 is 0. The van der Waals surface area contributed by atoms with Gasteiger partial charge in [0.25, 0.3) is 0 Å². The van der Waals surface area contributed by atoms with Crippen LogP contribution in [0.25, 0.3) is 0 Å². The molecule has 1 aliphatic rings. The molecule has 1 aliphatic heterocycles. The van der Waals surface area contributed by atoms with Gasteiger partial charge in [0.2, 0.25) is 5.91 Å². The summed E-state index contributed by atoms with van der Waals surface area (Å²) in [7, 11) is 1.68. The normalized spacial score (nSPS) is 23.7. The molecule has 17 heavy (non-hydrogen) atoms. The molecule has 2 rings (SSSR count). The number of hydrogen-bond donors (Lipinski definition) is 2. The van der Waals surface area contributed by atoms with Crippen molar-refractivity contribution in [2.45, 2.75) is 18.6 Å². The number of carbonyl (C=O) groups excluding carboxylic acids is 1. The van der Waals surface area contributed by atoms with Crippen molar-refractivity contribution in [3.05, 3.63) is 29.3 Å². The zero-order valence-corrected chi connectivity index (χ0v) is 10.3. The van der Waals surface area contributed by atoms with Crippen molar-refractivity contribution >= 4 is 23.2 Å². The average molecular weight is 255 g/mol. The van der Waals surface area contributed by atoms with Crippen LogP contribution >= 0.6 is 11.6 Å². The second-order valence-corrected chi connectivity index (χ2v) is 4.60. The average Bonchev–Trinajstić information content (AvgIpc) is 2.73. The number of rotatable bonds is 2. The minimum absolute atomic E-state index is 0.141. The molecule has 0 aliphatic carbocycles. The Balaban J connectivity index is 2.14. The summed E-state index contributed by atoms with van der Waals surface area (Å²) in [5.74, 6) is -0.141. The van der Waals surface area contributed by atoms with E-state index < -0.39 is 12.1 Å². The van der Waals surface area contributed by atoms with Crippen LogP contribution in [0, 0.1) is 0 Å². The van der Waals surface area contributed by atoms with Gasteiger partial charge in [0.1, 0.15) is 6.04 Å². The molecule has 1 aromatic rings. The van der Waals surface area contributed by atoms with Gasteiger partial charge in [-0.15, -0.1) is 0 Å². The Labute approximate surface area is 105 Å². The zero-order valence-electron chi connectivity index (χ0n) is 9.56. The Morgan fingerprint density at radius 2 is 2.35 bits per heavy atom. The maximum Gasteiger partial charge on any atom is 0.246 e. The van der Waals surface area contributed by atoms with Gasteiger partial charge in [-0.25, -0.2) is 0 Å². The topological polar surface area (TPSA) is 52.6 Å². The predicted octanol–water partition coefficient (Wildman–Crippen LogP) is 1.03. The van der Waals surface area contributed by atoms with Crippen molar-refractivity contribution in [2.75, 3.05) is 18.5 Å². The molecule has 0 saturated carbocycles. The Bertz CT molecular complexity index is 425. The van der Waals surface area contributed by atoms with Crippen LogP contribution in [0.15, 0.2) is 24.3 Å². The first-order valence-corrected chi connectivity index (χ1v) is 5.92. The SMILES string of the molecule is CN(C(=O)C1NCCC1O)c1cccc(Cl)c1. The first kappa shape index (κ1) is 12.4. The fraction of sp³-hybridized carbons (Fsp3) is 0.417. The molecule has 1 aromatic carbocycles. The maximum absolute atomic E-state index is 12.1.